The lowest BCUT2D eigenvalue weighted by Gasteiger charge is -2.29. The zero-order chi connectivity index (χ0) is 22.9. The van der Waals surface area contributed by atoms with E-state index in [0.29, 0.717) is 6.61 Å². The fourth-order valence-corrected chi connectivity index (χ4v) is 5.71. The number of fused-ring (bicyclic) bond motifs is 1. The monoisotopic (exact) mass is 442 g/mol. The Labute approximate surface area is 196 Å². The van der Waals surface area contributed by atoms with Crippen molar-refractivity contribution in [3.05, 3.63) is 71.3 Å². The fourth-order valence-electron chi connectivity index (χ4n) is 5.71. The molecule has 0 fully saturated rings. The smallest absolute Gasteiger partial charge is 0.250 e. The predicted molar refractivity (Wildman–Crippen MR) is 134 cm³/mol. The van der Waals surface area contributed by atoms with Gasteiger partial charge in [0.25, 0.3) is 5.91 Å². The Balaban J connectivity index is 1.66. The minimum absolute atomic E-state index is 0.00755. The lowest BCUT2D eigenvalue weighted by molar-refractivity contribution is -0.127. The van der Waals surface area contributed by atoms with Crippen molar-refractivity contribution in [3.8, 4) is 11.3 Å². The van der Waals surface area contributed by atoms with Crippen LogP contribution >= 0.6 is 0 Å². The molecule has 2 aromatic carbocycles. The van der Waals surface area contributed by atoms with Crippen LogP contribution in [-0.2, 0) is 16.6 Å². The molecule has 2 aliphatic rings. The summed E-state index contributed by atoms with van der Waals surface area (Å²) in [5.74, 6) is 0.242. The van der Waals surface area contributed by atoms with Gasteiger partial charge in [-0.1, -0.05) is 48.5 Å². The first-order valence-corrected chi connectivity index (χ1v) is 12.3. The second-order valence-electron chi connectivity index (χ2n) is 9.59. The Kier molecular flexibility index (Phi) is 6.11. The van der Waals surface area contributed by atoms with E-state index in [4.69, 9.17) is 4.74 Å². The van der Waals surface area contributed by atoms with E-state index in [2.05, 4.69) is 85.0 Å². The summed E-state index contributed by atoms with van der Waals surface area (Å²) in [5.41, 5.74) is 7.34. The van der Waals surface area contributed by atoms with Crippen LogP contribution in [-0.4, -0.2) is 34.6 Å². The van der Waals surface area contributed by atoms with Gasteiger partial charge in [0.2, 0.25) is 0 Å². The summed E-state index contributed by atoms with van der Waals surface area (Å²) in [4.78, 5) is 15.8. The van der Waals surface area contributed by atoms with Gasteiger partial charge in [0.05, 0.1) is 17.8 Å². The lowest BCUT2D eigenvalue weighted by atomic mass is 9.86. The van der Waals surface area contributed by atoms with Crippen molar-refractivity contribution >= 4 is 16.8 Å². The molecule has 5 rings (SSSR count). The second-order valence-corrected chi connectivity index (χ2v) is 9.59. The molecule has 1 aliphatic heterocycles. The second kappa shape index (κ2) is 9.18. The van der Waals surface area contributed by atoms with Crippen molar-refractivity contribution < 1.29 is 9.53 Å². The summed E-state index contributed by atoms with van der Waals surface area (Å²) < 4.78 is 8.12. The third-order valence-corrected chi connectivity index (χ3v) is 7.13. The molecule has 3 aromatic rings. The predicted octanol–water partition coefficient (Wildman–Crippen LogP) is 6.41. The maximum Gasteiger partial charge on any atom is 0.250 e. The van der Waals surface area contributed by atoms with E-state index in [9.17, 15) is 4.79 Å². The first kappa shape index (κ1) is 22.0. The van der Waals surface area contributed by atoms with Crippen LogP contribution in [0.5, 0.6) is 0 Å². The van der Waals surface area contributed by atoms with Gasteiger partial charge >= 0.3 is 0 Å². The van der Waals surface area contributed by atoms with Crippen LogP contribution in [0.25, 0.3) is 22.2 Å². The van der Waals surface area contributed by atoms with Gasteiger partial charge in [-0.15, -0.1) is 0 Å². The van der Waals surface area contributed by atoms with Crippen LogP contribution in [0, 0.1) is 0 Å². The number of carbonyl (C=O) groups is 1. The molecule has 0 saturated carbocycles. The molecular weight excluding hydrogens is 408 g/mol. The van der Waals surface area contributed by atoms with Gasteiger partial charge in [0, 0.05) is 42.2 Å². The molecule has 1 atom stereocenters. The molecule has 1 unspecified atom stereocenters. The van der Waals surface area contributed by atoms with E-state index in [1.165, 1.54) is 39.7 Å². The van der Waals surface area contributed by atoms with Crippen molar-refractivity contribution in [1.29, 1.82) is 0 Å². The zero-order valence-electron chi connectivity index (χ0n) is 20.0. The van der Waals surface area contributed by atoms with Crippen LogP contribution in [0.4, 0.5) is 0 Å². The maximum atomic E-state index is 13.7. The topological polar surface area (TPSA) is 34.5 Å². The summed E-state index contributed by atoms with van der Waals surface area (Å²) in [6, 6.07) is 19.3. The van der Waals surface area contributed by atoms with Crippen LogP contribution in [0.2, 0.25) is 0 Å². The van der Waals surface area contributed by atoms with Crippen molar-refractivity contribution in [2.75, 3.05) is 13.2 Å². The standard InChI is InChI=1S/C29H34N2O2/c1-20(2)33-19-11-18-31-28(22-14-7-8-15-23(22)29(31)32)26-24-16-9-10-17-25(24)30(3)27(26)21-12-5-4-6-13-21/h4-6,9-10,12-13,16-17,20,28H,7-8,11,14-15,18-19H2,1-3H3. The molecular formula is C29H34N2O2. The summed E-state index contributed by atoms with van der Waals surface area (Å²) in [6.07, 6.45) is 5.27. The molecule has 0 bridgehead atoms. The van der Waals surface area contributed by atoms with Gasteiger partial charge in [-0.05, 0) is 63.2 Å². The molecule has 172 valence electrons. The van der Waals surface area contributed by atoms with Crippen molar-refractivity contribution in [1.82, 2.24) is 9.47 Å². The van der Waals surface area contributed by atoms with E-state index in [0.717, 1.165) is 37.8 Å². The molecule has 0 spiro atoms. The highest BCUT2D eigenvalue weighted by molar-refractivity contribution is 6.01. The molecule has 4 nitrogen and oxygen atoms in total. The van der Waals surface area contributed by atoms with E-state index in [1.54, 1.807) is 0 Å². The molecule has 33 heavy (non-hydrogen) atoms. The van der Waals surface area contributed by atoms with Gasteiger partial charge in [0.15, 0.2) is 0 Å². The minimum Gasteiger partial charge on any atom is -0.379 e. The fraction of sp³-hybridized carbons (Fsp3) is 0.414. The number of aromatic nitrogens is 1. The van der Waals surface area contributed by atoms with Crippen LogP contribution in [0.15, 0.2) is 65.7 Å². The molecule has 0 N–H and O–H groups in total. The van der Waals surface area contributed by atoms with Crippen LogP contribution in [0.1, 0.15) is 57.6 Å². The van der Waals surface area contributed by atoms with E-state index in [1.807, 2.05) is 0 Å². The number of para-hydroxylation sites is 1. The number of ether oxygens (including phenoxy) is 1. The molecule has 2 heterocycles. The number of carbonyl (C=O) groups excluding carboxylic acids is 1. The van der Waals surface area contributed by atoms with E-state index in [-0.39, 0.29) is 18.1 Å². The number of amides is 1. The van der Waals surface area contributed by atoms with Crippen molar-refractivity contribution in [2.24, 2.45) is 7.05 Å². The highest BCUT2D eigenvalue weighted by Crippen LogP contribution is 2.49. The van der Waals surface area contributed by atoms with E-state index >= 15 is 0 Å². The summed E-state index contributed by atoms with van der Waals surface area (Å²) in [5, 5.41) is 1.25. The normalized spacial score (nSPS) is 18.6. The quantitative estimate of drug-likeness (QED) is 0.396. The first-order valence-electron chi connectivity index (χ1n) is 12.3. The Bertz CT molecular complexity index is 1190. The number of rotatable bonds is 7. The highest BCUT2D eigenvalue weighted by Gasteiger charge is 2.42. The zero-order valence-corrected chi connectivity index (χ0v) is 20.0. The summed E-state index contributed by atoms with van der Waals surface area (Å²) in [7, 11) is 2.15. The minimum atomic E-state index is 0.00755. The summed E-state index contributed by atoms with van der Waals surface area (Å²) >= 11 is 0. The maximum absolute atomic E-state index is 13.7. The number of benzene rings is 2. The van der Waals surface area contributed by atoms with Crippen molar-refractivity contribution in [2.45, 2.75) is 58.1 Å². The molecule has 0 saturated heterocycles. The van der Waals surface area contributed by atoms with Gasteiger partial charge in [0.1, 0.15) is 0 Å². The lowest BCUT2D eigenvalue weighted by Crippen LogP contribution is -2.32. The van der Waals surface area contributed by atoms with Gasteiger partial charge in [-0.3, -0.25) is 4.79 Å². The average Bonchev–Trinajstić information content (AvgIpc) is 3.28. The number of hydrogen-bond acceptors (Lipinski definition) is 2. The number of hydrogen-bond donors (Lipinski definition) is 0. The number of nitrogens with zero attached hydrogens (tertiary/aromatic N) is 2. The Hall–Kier alpha value is -2.85. The Morgan fingerprint density at radius 2 is 1.73 bits per heavy atom. The molecule has 4 heteroatoms. The SMILES string of the molecule is CC(C)OCCCN1C(=O)C2=C(CCCC2)C1c1c(-c2ccccc2)n(C)c2ccccc12. The molecule has 0 radical (unpaired) electrons. The molecule has 1 amide bonds. The highest BCUT2D eigenvalue weighted by atomic mass is 16.5. The van der Waals surface area contributed by atoms with Gasteiger partial charge < -0.3 is 14.2 Å². The van der Waals surface area contributed by atoms with Crippen molar-refractivity contribution in [3.63, 3.8) is 0 Å². The number of aryl methyl sites for hydroxylation is 1. The van der Waals surface area contributed by atoms with E-state index < -0.39 is 0 Å². The summed E-state index contributed by atoms with van der Waals surface area (Å²) in [6.45, 7) is 5.53. The molecule has 1 aromatic heterocycles. The third-order valence-electron chi connectivity index (χ3n) is 7.13. The Morgan fingerprint density at radius 1 is 1.00 bits per heavy atom. The van der Waals surface area contributed by atoms with Gasteiger partial charge in [-0.2, -0.15) is 0 Å². The molecule has 1 aliphatic carbocycles. The first-order chi connectivity index (χ1) is 16.1. The third kappa shape index (κ3) is 3.91. The Morgan fingerprint density at radius 3 is 2.52 bits per heavy atom. The van der Waals surface area contributed by atoms with Crippen LogP contribution < -0.4 is 0 Å². The average molecular weight is 443 g/mol. The van der Waals surface area contributed by atoms with Crippen LogP contribution in [0.3, 0.4) is 0 Å². The largest absolute Gasteiger partial charge is 0.379 e. The van der Waals surface area contributed by atoms with Gasteiger partial charge in [-0.25, -0.2) is 0 Å².